The van der Waals surface area contributed by atoms with Gasteiger partial charge in [-0.15, -0.1) is 0 Å². The van der Waals surface area contributed by atoms with Crippen LogP contribution in [0.15, 0.2) is 28.4 Å². The molecule has 76 valence electrons. The fraction of sp³-hybridized carbons (Fsp3) is 0.417. The van der Waals surface area contributed by atoms with Crippen molar-refractivity contribution < 1.29 is 9.21 Å². The van der Waals surface area contributed by atoms with E-state index >= 15 is 0 Å². The Morgan fingerprint density at radius 2 is 2.00 bits per heavy atom. The third kappa shape index (κ3) is 2.13. The molecule has 0 spiro atoms. The number of carbonyl (C=O) groups is 1. The summed E-state index contributed by atoms with van der Waals surface area (Å²) in [6.45, 7) is 7.56. The molecule has 0 unspecified atom stereocenters. The molecule has 0 aliphatic rings. The van der Waals surface area contributed by atoms with Gasteiger partial charge in [-0.1, -0.05) is 13.8 Å². The molecule has 1 aromatic rings. The fourth-order valence-electron chi connectivity index (χ4n) is 1.73. The lowest BCUT2D eigenvalue weighted by Gasteiger charge is -2.10. The van der Waals surface area contributed by atoms with Crippen molar-refractivity contribution in [2.45, 2.75) is 27.7 Å². The molecule has 2 heteroatoms. The summed E-state index contributed by atoms with van der Waals surface area (Å²) in [7, 11) is 0. The second-order valence-electron chi connectivity index (χ2n) is 3.73. The SMILES string of the molecule is CC(=O)C(=C(C)c1ccco1)C(C)C. The summed E-state index contributed by atoms with van der Waals surface area (Å²) in [6, 6.07) is 3.71. The maximum atomic E-state index is 11.4. The van der Waals surface area contributed by atoms with E-state index in [-0.39, 0.29) is 11.7 Å². The number of allylic oxidation sites excluding steroid dienone is 2. The molecule has 0 N–H and O–H groups in total. The lowest BCUT2D eigenvalue weighted by Crippen LogP contribution is -2.06. The minimum atomic E-state index is 0.119. The van der Waals surface area contributed by atoms with Crippen molar-refractivity contribution in [1.82, 2.24) is 0 Å². The van der Waals surface area contributed by atoms with Crippen molar-refractivity contribution in [3.8, 4) is 0 Å². The molecule has 0 saturated carbocycles. The third-order valence-electron chi connectivity index (χ3n) is 2.25. The topological polar surface area (TPSA) is 30.2 Å². The van der Waals surface area contributed by atoms with Crippen LogP contribution in [0, 0.1) is 5.92 Å². The first-order valence-corrected chi connectivity index (χ1v) is 4.79. The summed E-state index contributed by atoms with van der Waals surface area (Å²) in [6.07, 6.45) is 1.62. The molecule has 0 fully saturated rings. The van der Waals surface area contributed by atoms with E-state index in [0.717, 1.165) is 16.9 Å². The van der Waals surface area contributed by atoms with Gasteiger partial charge in [0.05, 0.1) is 6.26 Å². The van der Waals surface area contributed by atoms with Crippen molar-refractivity contribution in [2.75, 3.05) is 0 Å². The van der Waals surface area contributed by atoms with Gasteiger partial charge in [0.15, 0.2) is 5.78 Å². The molecule has 0 aliphatic heterocycles. The minimum absolute atomic E-state index is 0.119. The summed E-state index contributed by atoms with van der Waals surface area (Å²) in [5.41, 5.74) is 1.79. The fourth-order valence-corrected chi connectivity index (χ4v) is 1.73. The second kappa shape index (κ2) is 4.27. The first kappa shape index (κ1) is 10.8. The summed E-state index contributed by atoms with van der Waals surface area (Å²) in [5, 5.41) is 0. The van der Waals surface area contributed by atoms with Crippen LogP contribution in [0.1, 0.15) is 33.5 Å². The van der Waals surface area contributed by atoms with Gasteiger partial charge in [-0.3, -0.25) is 4.79 Å². The molecule has 1 heterocycles. The normalized spacial score (nSPS) is 12.9. The molecule has 0 bridgehead atoms. The second-order valence-corrected chi connectivity index (χ2v) is 3.73. The number of rotatable bonds is 3. The molecular weight excluding hydrogens is 176 g/mol. The molecule has 2 nitrogen and oxygen atoms in total. The Kier molecular flexibility index (Phi) is 3.28. The standard InChI is InChI=1S/C12H16O2/c1-8(2)12(10(4)13)9(3)11-6-5-7-14-11/h5-8H,1-4H3. The Morgan fingerprint density at radius 3 is 2.36 bits per heavy atom. The third-order valence-corrected chi connectivity index (χ3v) is 2.25. The molecule has 0 radical (unpaired) electrons. The van der Waals surface area contributed by atoms with Crippen LogP contribution in [0.3, 0.4) is 0 Å². The van der Waals surface area contributed by atoms with Gasteiger partial charge in [-0.25, -0.2) is 0 Å². The van der Waals surface area contributed by atoms with Crippen molar-refractivity contribution in [2.24, 2.45) is 5.92 Å². The van der Waals surface area contributed by atoms with Gasteiger partial charge >= 0.3 is 0 Å². The molecule has 0 aliphatic carbocycles. The van der Waals surface area contributed by atoms with Crippen LogP contribution >= 0.6 is 0 Å². The van der Waals surface area contributed by atoms with E-state index in [4.69, 9.17) is 4.42 Å². The maximum absolute atomic E-state index is 11.4. The van der Waals surface area contributed by atoms with E-state index in [9.17, 15) is 4.79 Å². The van der Waals surface area contributed by atoms with Crippen molar-refractivity contribution in [1.29, 1.82) is 0 Å². The lowest BCUT2D eigenvalue weighted by molar-refractivity contribution is -0.113. The van der Waals surface area contributed by atoms with Crippen LogP contribution in [0.2, 0.25) is 0 Å². The molecule has 0 amide bonds. The number of furan rings is 1. The highest BCUT2D eigenvalue weighted by atomic mass is 16.3. The Labute approximate surface area is 84.6 Å². The smallest absolute Gasteiger partial charge is 0.156 e. The summed E-state index contributed by atoms with van der Waals surface area (Å²) >= 11 is 0. The number of ketones is 1. The Hall–Kier alpha value is -1.31. The zero-order valence-electron chi connectivity index (χ0n) is 9.13. The Morgan fingerprint density at radius 1 is 1.36 bits per heavy atom. The number of hydrogen-bond acceptors (Lipinski definition) is 2. The Balaban J connectivity index is 3.18. The predicted molar refractivity (Wildman–Crippen MR) is 56.8 cm³/mol. The quantitative estimate of drug-likeness (QED) is 0.688. The summed E-state index contributed by atoms with van der Waals surface area (Å²) < 4.78 is 5.27. The van der Waals surface area contributed by atoms with E-state index in [1.54, 1.807) is 13.2 Å². The van der Waals surface area contributed by atoms with Crippen molar-refractivity contribution in [3.05, 3.63) is 29.7 Å². The van der Waals surface area contributed by atoms with Crippen molar-refractivity contribution >= 4 is 11.4 Å². The predicted octanol–water partition coefficient (Wildman–Crippen LogP) is 3.30. The maximum Gasteiger partial charge on any atom is 0.156 e. The van der Waals surface area contributed by atoms with E-state index in [1.165, 1.54) is 0 Å². The van der Waals surface area contributed by atoms with Crippen LogP contribution in [0.25, 0.3) is 5.57 Å². The largest absolute Gasteiger partial charge is 0.465 e. The highest BCUT2D eigenvalue weighted by Gasteiger charge is 2.14. The summed E-state index contributed by atoms with van der Waals surface area (Å²) in [5.74, 6) is 1.13. The molecule has 0 saturated heterocycles. The Bertz CT molecular complexity index is 342. The van der Waals surface area contributed by atoms with E-state index in [0.29, 0.717) is 0 Å². The van der Waals surface area contributed by atoms with Gasteiger partial charge < -0.3 is 4.42 Å². The number of carbonyl (C=O) groups excluding carboxylic acids is 1. The van der Waals surface area contributed by atoms with Crippen LogP contribution in [0.4, 0.5) is 0 Å². The zero-order chi connectivity index (χ0) is 10.7. The molecule has 1 rings (SSSR count). The van der Waals surface area contributed by atoms with Gasteiger partial charge in [-0.05, 0) is 37.5 Å². The van der Waals surface area contributed by atoms with Gasteiger partial charge in [0.2, 0.25) is 0 Å². The average molecular weight is 192 g/mol. The van der Waals surface area contributed by atoms with Crippen LogP contribution in [-0.4, -0.2) is 5.78 Å². The average Bonchev–Trinajstić information content (AvgIpc) is 2.53. The molecular formula is C12H16O2. The van der Waals surface area contributed by atoms with Gasteiger partial charge in [0.1, 0.15) is 5.76 Å². The monoisotopic (exact) mass is 192 g/mol. The first-order valence-electron chi connectivity index (χ1n) is 4.79. The van der Waals surface area contributed by atoms with Gasteiger partial charge in [-0.2, -0.15) is 0 Å². The van der Waals surface area contributed by atoms with E-state index < -0.39 is 0 Å². The number of hydrogen-bond donors (Lipinski definition) is 0. The van der Waals surface area contributed by atoms with Crippen molar-refractivity contribution in [3.63, 3.8) is 0 Å². The number of Topliss-reactive ketones (excluding diaryl/α,β-unsaturated/α-hetero) is 1. The molecule has 1 aromatic heterocycles. The summed E-state index contributed by atoms with van der Waals surface area (Å²) in [4.78, 5) is 11.4. The minimum Gasteiger partial charge on any atom is -0.465 e. The van der Waals surface area contributed by atoms with E-state index in [1.807, 2.05) is 32.9 Å². The zero-order valence-corrected chi connectivity index (χ0v) is 9.13. The van der Waals surface area contributed by atoms with Crippen LogP contribution in [0.5, 0.6) is 0 Å². The van der Waals surface area contributed by atoms with Gasteiger partial charge in [0.25, 0.3) is 0 Å². The van der Waals surface area contributed by atoms with Crippen LogP contribution < -0.4 is 0 Å². The molecule has 0 atom stereocenters. The molecule has 14 heavy (non-hydrogen) atoms. The van der Waals surface area contributed by atoms with E-state index in [2.05, 4.69) is 0 Å². The molecule has 0 aromatic carbocycles. The lowest BCUT2D eigenvalue weighted by atomic mass is 9.94. The first-order chi connectivity index (χ1) is 6.54. The highest BCUT2D eigenvalue weighted by molar-refractivity contribution is 6.00. The van der Waals surface area contributed by atoms with Crippen LogP contribution in [-0.2, 0) is 4.79 Å². The highest BCUT2D eigenvalue weighted by Crippen LogP contribution is 2.24. The van der Waals surface area contributed by atoms with Gasteiger partial charge in [0, 0.05) is 5.57 Å².